The Morgan fingerprint density at radius 1 is 1.35 bits per heavy atom. The summed E-state index contributed by atoms with van der Waals surface area (Å²) in [6.07, 6.45) is -4.63. The van der Waals surface area contributed by atoms with Crippen LogP contribution in [0, 0.1) is 0 Å². The van der Waals surface area contributed by atoms with Gasteiger partial charge in [-0.05, 0) is 17.7 Å². The molecular formula is C11H12F3NO4S. The van der Waals surface area contributed by atoms with Crippen LogP contribution < -0.4 is 0 Å². The van der Waals surface area contributed by atoms with Crippen molar-refractivity contribution in [3.63, 3.8) is 0 Å². The number of carboxylic acids is 1. The number of nitrogens with zero attached hydrogens (tertiary/aromatic N) is 1. The molecule has 0 bridgehead atoms. The fraction of sp³-hybridized carbons (Fsp3) is 0.364. The predicted molar refractivity (Wildman–Crippen MR) is 64.7 cm³/mol. The van der Waals surface area contributed by atoms with Gasteiger partial charge in [-0.2, -0.15) is 17.5 Å². The standard InChI is InChI=1S/C11H12F3NO4S/c1-15(7-11(12,13)14)20(18,19)6-8-3-2-4-9(5-8)10(16)17/h2-5H,6-7H2,1H3,(H,16,17). The molecule has 1 rings (SSSR count). The lowest BCUT2D eigenvalue weighted by Gasteiger charge is -2.18. The van der Waals surface area contributed by atoms with Crippen molar-refractivity contribution in [2.24, 2.45) is 0 Å². The second-order valence-corrected chi connectivity index (χ2v) is 6.21. The van der Waals surface area contributed by atoms with Gasteiger partial charge in [0.15, 0.2) is 0 Å². The van der Waals surface area contributed by atoms with Crippen molar-refractivity contribution in [1.29, 1.82) is 0 Å². The number of benzene rings is 1. The SMILES string of the molecule is CN(CC(F)(F)F)S(=O)(=O)Cc1cccc(C(=O)O)c1. The fourth-order valence-corrected chi connectivity index (χ4v) is 2.63. The van der Waals surface area contributed by atoms with E-state index in [2.05, 4.69) is 0 Å². The maximum Gasteiger partial charge on any atom is 0.402 e. The van der Waals surface area contributed by atoms with Crippen molar-refractivity contribution in [3.05, 3.63) is 35.4 Å². The minimum Gasteiger partial charge on any atom is -0.478 e. The summed E-state index contributed by atoms with van der Waals surface area (Å²) in [7, 11) is -3.35. The minimum atomic E-state index is -4.63. The Bertz CT molecular complexity index is 598. The van der Waals surface area contributed by atoms with Gasteiger partial charge in [-0.15, -0.1) is 0 Å². The van der Waals surface area contributed by atoms with E-state index in [0.29, 0.717) is 0 Å². The molecule has 0 aliphatic carbocycles. The molecule has 0 amide bonds. The zero-order valence-corrected chi connectivity index (χ0v) is 11.2. The summed E-state index contributed by atoms with van der Waals surface area (Å²) in [6, 6.07) is 5.04. The van der Waals surface area contributed by atoms with Crippen LogP contribution in [0.2, 0.25) is 0 Å². The number of hydrogen-bond donors (Lipinski definition) is 1. The number of rotatable bonds is 5. The Morgan fingerprint density at radius 2 is 1.95 bits per heavy atom. The molecule has 1 N–H and O–H groups in total. The van der Waals surface area contributed by atoms with Gasteiger partial charge < -0.3 is 5.11 Å². The number of alkyl halides is 3. The smallest absolute Gasteiger partial charge is 0.402 e. The number of hydrogen-bond acceptors (Lipinski definition) is 3. The fourth-order valence-electron chi connectivity index (χ4n) is 1.47. The lowest BCUT2D eigenvalue weighted by Crippen LogP contribution is -2.36. The van der Waals surface area contributed by atoms with E-state index < -0.39 is 34.5 Å². The van der Waals surface area contributed by atoms with E-state index in [9.17, 15) is 26.4 Å². The van der Waals surface area contributed by atoms with E-state index in [4.69, 9.17) is 5.11 Å². The Balaban J connectivity index is 2.91. The topological polar surface area (TPSA) is 74.7 Å². The van der Waals surface area contributed by atoms with E-state index in [-0.39, 0.29) is 15.4 Å². The molecule has 0 unspecified atom stereocenters. The molecule has 0 aromatic heterocycles. The van der Waals surface area contributed by atoms with Crippen LogP contribution in [0.25, 0.3) is 0 Å². The van der Waals surface area contributed by atoms with Crippen LogP contribution in [0.15, 0.2) is 24.3 Å². The van der Waals surface area contributed by atoms with E-state index in [1.807, 2.05) is 0 Å². The Hall–Kier alpha value is -1.61. The van der Waals surface area contributed by atoms with Crippen LogP contribution in [0.1, 0.15) is 15.9 Å². The quantitative estimate of drug-likeness (QED) is 0.898. The monoisotopic (exact) mass is 311 g/mol. The maximum atomic E-state index is 12.2. The van der Waals surface area contributed by atoms with Gasteiger partial charge in [0, 0.05) is 7.05 Å². The molecule has 1 aromatic rings. The molecule has 0 aliphatic rings. The average Bonchev–Trinajstić information content (AvgIpc) is 2.26. The van der Waals surface area contributed by atoms with Crippen LogP contribution in [-0.2, 0) is 15.8 Å². The van der Waals surface area contributed by atoms with Crippen LogP contribution >= 0.6 is 0 Å². The summed E-state index contributed by atoms with van der Waals surface area (Å²) >= 11 is 0. The molecule has 20 heavy (non-hydrogen) atoms. The third-order valence-corrected chi connectivity index (χ3v) is 4.18. The highest BCUT2D eigenvalue weighted by Gasteiger charge is 2.34. The Labute approximate surface area is 113 Å². The molecule has 0 radical (unpaired) electrons. The highest BCUT2D eigenvalue weighted by atomic mass is 32.2. The third kappa shape index (κ3) is 4.82. The first-order valence-electron chi connectivity index (χ1n) is 5.34. The predicted octanol–water partition coefficient (Wildman–Crippen LogP) is 1.71. The molecule has 9 heteroatoms. The lowest BCUT2D eigenvalue weighted by atomic mass is 10.1. The number of carbonyl (C=O) groups is 1. The number of aromatic carboxylic acids is 1. The largest absolute Gasteiger partial charge is 0.478 e. The van der Waals surface area contributed by atoms with E-state index >= 15 is 0 Å². The van der Waals surface area contributed by atoms with Crippen molar-refractivity contribution in [2.75, 3.05) is 13.6 Å². The summed E-state index contributed by atoms with van der Waals surface area (Å²) in [5.74, 6) is -1.94. The zero-order valence-electron chi connectivity index (χ0n) is 10.4. The van der Waals surface area contributed by atoms with Gasteiger partial charge in [-0.25, -0.2) is 13.2 Å². The summed E-state index contributed by atoms with van der Waals surface area (Å²) in [5.41, 5.74) is -0.0184. The van der Waals surface area contributed by atoms with Crippen molar-refractivity contribution in [3.8, 4) is 0 Å². The van der Waals surface area contributed by atoms with Crippen LogP contribution in [0.3, 0.4) is 0 Å². The van der Waals surface area contributed by atoms with Gasteiger partial charge in [0.2, 0.25) is 10.0 Å². The lowest BCUT2D eigenvalue weighted by molar-refractivity contribution is -0.134. The molecule has 5 nitrogen and oxygen atoms in total. The summed E-state index contributed by atoms with van der Waals surface area (Å²) in [5, 5.41) is 8.76. The van der Waals surface area contributed by atoms with Gasteiger partial charge in [-0.3, -0.25) is 0 Å². The average molecular weight is 311 g/mol. The van der Waals surface area contributed by atoms with Crippen molar-refractivity contribution in [1.82, 2.24) is 4.31 Å². The van der Waals surface area contributed by atoms with Gasteiger partial charge in [-0.1, -0.05) is 12.1 Å². The summed E-state index contributed by atoms with van der Waals surface area (Å²) in [6.45, 7) is -1.59. The first-order valence-corrected chi connectivity index (χ1v) is 6.95. The maximum absolute atomic E-state index is 12.2. The first-order chi connectivity index (χ1) is 9.01. The molecule has 0 spiro atoms. The third-order valence-electron chi connectivity index (χ3n) is 2.40. The molecule has 1 aromatic carbocycles. The second kappa shape index (κ2) is 5.80. The van der Waals surface area contributed by atoms with Crippen molar-refractivity contribution in [2.45, 2.75) is 11.9 Å². The van der Waals surface area contributed by atoms with E-state index in [1.54, 1.807) is 0 Å². The normalized spacial score (nSPS) is 12.7. The molecule has 0 heterocycles. The molecule has 0 atom stereocenters. The zero-order chi connectivity index (χ0) is 15.6. The van der Waals surface area contributed by atoms with Gasteiger partial charge in [0.25, 0.3) is 0 Å². The van der Waals surface area contributed by atoms with Gasteiger partial charge in [0.05, 0.1) is 11.3 Å². The highest BCUT2D eigenvalue weighted by Crippen LogP contribution is 2.19. The van der Waals surface area contributed by atoms with Gasteiger partial charge in [0.1, 0.15) is 6.54 Å². The summed E-state index contributed by atoms with van der Waals surface area (Å²) < 4.78 is 60.2. The second-order valence-electron chi connectivity index (χ2n) is 4.13. The molecule has 0 saturated carbocycles. The van der Waals surface area contributed by atoms with E-state index in [1.165, 1.54) is 18.2 Å². The van der Waals surface area contributed by atoms with Crippen LogP contribution in [0.5, 0.6) is 0 Å². The molecule has 112 valence electrons. The number of carboxylic acid groups (broad SMARTS) is 1. The van der Waals surface area contributed by atoms with Crippen molar-refractivity contribution < 1.29 is 31.5 Å². The highest BCUT2D eigenvalue weighted by molar-refractivity contribution is 7.88. The first kappa shape index (κ1) is 16.4. The Kier molecular flexibility index (Phi) is 4.77. The van der Waals surface area contributed by atoms with Gasteiger partial charge >= 0.3 is 12.1 Å². The summed E-state index contributed by atoms with van der Waals surface area (Å²) in [4.78, 5) is 10.7. The van der Waals surface area contributed by atoms with E-state index in [0.717, 1.165) is 13.1 Å². The van der Waals surface area contributed by atoms with Crippen molar-refractivity contribution >= 4 is 16.0 Å². The van der Waals surface area contributed by atoms with Crippen LogP contribution in [-0.4, -0.2) is 43.6 Å². The molecule has 0 aliphatic heterocycles. The number of sulfonamides is 1. The molecule has 0 fully saturated rings. The Morgan fingerprint density at radius 3 is 2.45 bits per heavy atom. The molecular weight excluding hydrogens is 299 g/mol. The number of halogens is 3. The van der Waals surface area contributed by atoms with Crippen LogP contribution in [0.4, 0.5) is 13.2 Å². The minimum absolute atomic E-state index is 0.110. The molecule has 0 saturated heterocycles.